The van der Waals surface area contributed by atoms with Crippen LogP contribution in [0.15, 0.2) is 48.7 Å². The molecule has 0 spiro atoms. The summed E-state index contributed by atoms with van der Waals surface area (Å²) in [4.78, 5) is 37.8. The highest BCUT2D eigenvalue weighted by Crippen LogP contribution is 2.17. The van der Waals surface area contributed by atoms with Gasteiger partial charge in [-0.15, -0.1) is 0 Å². The van der Waals surface area contributed by atoms with E-state index in [-0.39, 0.29) is 29.3 Å². The highest BCUT2D eigenvalue weighted by molar-refractivity contribution is 6.02. The van der Waals surface area contributed by atoms with Gasteiger partial charge >= 0.3 is 0 Å². The molecule has 7 nitrogen and oxygen atoms in total. The zero-order valence-corrected chi connectivity index (χ0v) is 10.9. The molecule has 0 saturated carbocycles. The van der Waals surface area contributed by atoms with Crippen molar-refractivity contribution in [3.8, 4) is 0 Å². The molecule has 21 heavy (non-hydrogen) atoms. The largest absolute Gasteiger partial charge is 0.344 e. The Morgan fingerprint density at radius 3 is 2.52 bits per heavy atom. The number of Topliss-reactive ketones (excluding diaryl/α,β-unsaturated/α-hetero) is 1. The Morgan fingerprint density at radius 1 is 1.14 bits per heavy atom. The van der Waals surface area contributed by atoms with Crippen LogP contribution in [0, 0.1) is 10.1 Å². The van der Waals surface area contributed by atoms with Crippen LogP contribution in [-0.2, 0) is 0 Å². The van der Waals surface area contributed by atoms with Gasteiger partial charge in [-0.3, -0.25) is 24.7 Å². The van der Waals surface area contributed by atoms with Crippen molar-refractivity contribution >= 4 is 17.4 Å². The lowest BCUT2D eigenvalue weighted by molar-refractivity contribution is -0.385. The van der Waals surface area contributed by atoms with E-state index in [9.17, 15) is 19.7 Å². The molecule has 1 heterocycles. The number of carbonyl (C=O) groups is 2. The van der Waals surface area contributed by atoms with Crippen molar-refractivity contribution in [2.75, 3.05) is 6.54 Å². The third-order valence-corrected chi connectivity index (χ3v) is 2.71. The summed E-state index contributed by atoms with van der Waals surface area (Å²) in [6.07, 6.45) is 1.47. The van der Waals surface area contributed by atoms with Crippen molar-refractivity contribution in [1.82, 2.24) is 10.3 Å². The minimum absolute atomic E-state index is 0.0867. The second kappa shape index (κ2) is 6.38. The van der Waals surface area contributed by atoms with Gasteiger partial charge in [-0.25, -0.2) is 0 Å². The average Bonchev–Trinajstić information content (AvgIpc) is 2.53. The van der Waals surface area contributed by atoms with Gasteiger partial charge in [-0.2, -0.15) is 0 Å². The van der Waals surface area contributed by atoms with Gasteiger partial charge in [-0.05, 0) is 18.2 Å². The molecule has 1 aromatic carbocycles. The minimum Gasteiger partial charge on any atom is -0.344 e. The van der Waals surface area contributed by atoms with Gasteiger partial charge in [-0.1, -0.05) is 18.2 Å². The smallest absolute Gasteiger partial charge is 0.282 e. The molecule has 0 aliphatic rings. The van der Waals surface area contributed by atoms with Gasteiger partial charge in [0.1, 0.15) is 11.3 Å². The van der Waals surface area contributed by atoms with Gasteiger partial charge in [0.2, 0.25) is 0 Å². The lowest BCUT2D eigenvalue weighted by atomic mass is 10.1. The number of amides is 1. The summed E-state index contributed by atoms with van der Waals surface area (Å²) >= 11 is 0. The number of nitrogens with one attached hydrogen (secondary N) is 1. The fourth-order valence-corrected chi connectivity index (χ4v) is 1.70. The molecule has 0 fully saturated rings. The lowest BCUT2D eigenvalue weighted by Crippen LogP contribution is -2.30. The molecule has 1 amide bonds. The molecule has 1 N–H and O–H groups in total. The number of hydrogen-bond donors (Lipinski definition) is 1. The van der Waals surface area contributed by atoms with Gasteiger partial charge in [0.15, 0.2) is 5.78 Å². The number of para-hydroxylation sites is 1. The Kier molecular flexibility index (Phi) is 4.35. The number of aromatic nitrogens is 1. The van der Waals surface area contributed by atoms with Crippen LogP contribution in [0.25, 0.3) is 0 Å². The fraction of sp³-hybridized carbons (Fsp3) is 0.0714. The Hall–Kier alpha value is -3.09. The van der Waals surface area contributed by atoms with Crippen LogP contribution >= 0.6 is 0 Å². The first-order chi connectivity index (χ1) is 10.1. The Bertz CT molecular complexity index is 686. The monoisotopic (exact) mass is 285 g/mol. The van der Waals surface area contributed by atoms with E-state index in [2.05, 4.69) is 10.3 Å². The summed E-state index contributed by atoms with van der Waals surface area (Å²) in [7, 11) is 0. The summed E-state index contributed by atoms with van der Waals surface area (Å²) < 4.78 is 0. The minimum atomic E-state index is -0.674. The van der Waals surface area contributed by atoms with E-state index >= 15 is 0 Å². The van der Waals surface area contributed by atoms with Crippen LogP contribution in [0.3, 0.4) is 0 Å². The molecule has 0 aliphatic carbocycles. The summed E-state index contributed by atoms with van der Waals surface area (Å²) in [5, 5.41) is 13.2. The predicted octanol–water partition coefficient (Wildman–Crippen LogP) is 1.60. The first-order valence-corrected chi connectivity index (χ1v) is 6.05. The quantitative estimate of drug-likeness (QED) is 0.510. The SMILES string of the molecule is O=C(CNC(=O)c1ccccc1[N+](=O)[O-])c1ccccn1. The maximum atomic E-state index is 11.9. The zero-order valence-electron chi connectivity index (χ0n) is 10.9. The third kappa shape index (κ3) is 3.47. The lowest BCUT2D eigenvalue weighted by Gasteiger charge is -2.05. The van der Waals surface area contributed by atoms with E-state index in [0.29, 0.717) is 0 Å². The van der Waals surface area contributed by atoms with E-state index in [0.717, 1.165) is 0 Å². The number of carbonyl (C=O) groups excluding carboxylic acids is 2. The summed E-state index contributed by atoms with van der Waals surface area (Å²) in [5.41, 5.74) is -0.169. The number of ketones is 1. The van der Waals surface area contributed by atoms with Crippen LogP contribution < -0.4 is 5.32 Å². The van der Waals surface area contributed by atoms with Gasteiger partial charge in [0.25, 0.3) is 11.6 Å². The molecule has 7 heteroatoms. The number of benzene rings is 1. The summed E-state index contributed by atoms with van der Waals surface area (Å²) in [6, 6.07) is 10.4. The van der Waals surface area contributed by atoms with Gasteiger partial charge in [0.05, 0.1) is 11.5 Å². The van der Waals surface area contributed by atoms with Crippen LogP contribution in [0.5, 0.6) is 0 Å². The van der Waals surface area contributed by atoms with Crippen molar-refractivity contribution in [3.63, 3.8) is 0 Å². The van der Waals surface area contributed by atoms with Crippen LogP contribution in [0.4, 0.5) is 5.69 Å². The fourth-order valence-electron chi connectivity index (χ4n) is 1.70. The molecule has 0 aliphatic heterocycles. The molecule has 0 atom stereocenters. The third-order valence-electron chi connectivity index (χ3n) is 2.71. The first kappa shape index (κ1) is 14.3. The van der Waals surface area contributed by atoms with Crippen molar-refractivity contribution < 1.29 is 14.5 Å². The molecule has 0 radical (unpaired) electrons. The number of rotatable bonds is 5. The number of pyridine rings is 1. The Labute approximate surface area is 119 Å². The number of nitro benzene ring substituents is 1. The highest BCUT2D eigenvalue weighted by atomic mass is 16.6. The van der Waals surface area contributed by atoms with Crippen molar-refractivity contribution in [2.45, 2.75) is 0 Å². The first-order valence-electron chi connectivity index (χ1n) is 6.05. The molecule has 0 saturated heterocycles. The average molecular weight is 285 g/mol. The van der Waals surface area contributed by atoms with Crippen LogP contribution in [-0.4, -0.2) is 28.1 Å². The van der Waals surface area contributed by atoms with Crippen molar-refractivity contribution in [1.29, 1.82) is 0 Å². The predicted molar refractivity (Wildman–Crippen MR) is 74.0 cm³/mol. The van der Waals surface area contributed by atoms with E-state index in [1.807, 2.05) is 0 Å². The van der Waals surface area contributed by atoms with Gasteiger partial charge < -0.3 is 5.32 Å². The van der Waals surface area contributed by atoms with Crippen molar-refractivity contribution in [2.24, 2.45) is 0 Å². The highest BCUT2D eigenvalue weighted by Gasteiger charge is 2.19. The molecule has 0 unspecified atom stereocenters. The van der Waals surface area contributed by atoms with Crippen molar-refractivity contribution in [3.05, 3.63) is 70.0 Å². The van der Waals surface area contributed by atoms with Gasteiger partial charge in [0, 0.05) is 12.3 Å². The Balaban J connectivity index is 2.06. The van der Waals surface area contributed by atoms with Crippen LogP contribution in [0.2, 0.25) is 0 Å². The molecule has 1 aromatic heterocycles. The Morgan fingerprint density at radius 2 is 1.86 bits per heavy atom. The standard InChI is InChI=1S/C14H11N3O4/c18-13(11-6-3-4-8-15-11)9-16-14(19)10-5-1-2-7-12(10)17(20)21/h1-8H,9H2,(H,16,19). The summed E-state index contributed by atoms with van der Waals surface area (Å²) in [6.45, 7) is -0.276. The molecule has 0 bridgehead atoms. The van der Waals surface area contributed by atoms with E-state index in [1.54, 1.807) is 12.1 Å². The topological polar surface area (TPSA) is 102 Å². The maximum Gasteiger partial charge on any atom is 0.282 e. The normalized spacial score (nSPS) is 9.90. The van der Waals surface area contributed by atoms with E-state index < -0.39 is 10.8 Å². The number of hydrogen-bond acceptors (Lipinski definition) is 5. The molecule has 2 aromatic rings. The number of nitrogens with zero attached hydrogens (tertiary/aromatic N) is 2. The summed E-state index contributed by atoms with van der Waals surface area (Å²) in [5.74, 6) is -1.05. The molecular formula is C14H11N3O4. The zero-order chi connectivity index (χ0) is 15.2. The molecule has 106 valence electrons. The van der Waals surface area contributed by atoms with E-state index in [4.69, 9.17) is 0 Å². The second-order valence-corrected chi connectivity index (χ2v) is 4.10. The molecular weight excluding hydrogens is 274 g/mol. The van der Waals surface area contributed by atoms with E-state index in [1.165, 1.54) is 36.5 Å². The maximum absolute atomic E-state index is 11.9. The second-order valence-electron chi connectivity index (χ2n) is 4.10. The number of nitro groups is 1. The van der Waals surface area contributed by atoms with Crippen LogP contribution in [0.1, 0.15) is 20.8 Å². The molecule has 2 rings (SSSR count).